The molecule has 0 atom stereocenters. The predicted molar refractivity (Wildman–Crippen MR) is 79.0 cm³/mol. The molecule has 1 aliphatic rings. The van der Waals surface area contributed by atoms with Crippen LogP contribution in [0.25, 0.3) is 0 Å². The third-order valence-electron chi connectivity index (χ3n) is 4.04. The SMILES string of the molecule is CCCN(c1ccc(F)cc1C#N)C1CCC(N)CC1. The van der Waals surface area contributed by atoms with Crippen LogP contribution in [0, 0.1) is 17.1 Å². The standard InChI is InChI=1S/C16H22FN3/c1-2-9-20(15-6-4-14(19)5-7-15)16-8-3-13(17)10-12(16)11-18/h3,8,10,14-15H,2,4-7,9,19H2,1H3. The van der Waals surface area contributed by atoms with Crippen molar-refractivity contribution in [3.8, 4) is 6.07 Å². The lowest BCUT2D eigenvalue weighted by Crippen LogP contribution is -2.41. The van der Waals surface area contributed by atoms with Gasteiger partial charge in [-0.25, -0.2) is 4.39 Å². The largest absolute Gasteiger partial charge is 0.367 e. The fourth-order valence-electron chi connectivity index (χ4n) is 3.00. The lowest BCUT2D eigenvalue weighted by Gasteiger charge is -2.38. The fraction of sp³-hybridized carbons (Fsp3) is 0.562. The Labute approximate surface area is 120 Å². The number of nitrogens with two attached hydrogens (primary N) is 1. The van der Waals surface area contributed by atoms with E-state index in [0.29, 0.717) is 17.6 Å². The molecule has 2 N–H and O–H groups in total. The van der Waals surface area contributed by atoms with Crippen molar-refractivity contribution in [3.63, 3.8) is 0 Å². The molecule has 0 unspecified atom stereocenters. The monoisotopic (exact) mass is 275 g/mol. The maximum atomic E-state index is 13.3. The molecule has 20 heavy (non-hydrogen) atoms. The van der Waals surface area contributed by atoms with Crippen LogP contribution >= 0.6 is 0 Å². The minimum absolute atomic E-state index is 0.304. The number of nitriles is 1. The van der Waals surface area contributed by atoms with Crippen LogP contribution in [0.4, 0.5) is 10.1 Å². The van der Waals surface area contributed by atoms with Crippen LogP contribution < -0.4 is 10.6 Å². The summed E-state index contributed by atoms with van der Waals surface area (Å²) in [6.45, 7) is 3.01. The zero-order chi connectivity index (χ0) is 14.5. The fourth-order valence-corrected chi connectivity index (χ4v) is 3.00. The second-order valence-electron chi connectivity index (χ2n) is 5.54. The summed E-state index contributed by atoms with van der Waals surface area (Å²) in [5, 5.41) is 9.24. The summed E-state index contributed by atoms with van der Waals surface area (Å²) >= 11 is 0. The summed E-state index contributed by atoms with van der Waals surface area (Å²) in [5.41, 5.74) is 7.25. The van der Waals surface area contributed by atoms with Crippen LogP contribution in [-0.2, 0) is 0 Å². The van der Waals surface area contributed by atoms with Crippen LogP contribution in [-0.4, -0.2) is 18.6 Å². The van der Waals surface area contributed by atoms with Gasteiger partial charge >= 0.3 is 0 Å². The van der Waals surface area contributed by atoms with Crippen molar-refractivity contribution in [3.05, 3.63) is 29.6 Å². The van der Waals surface area contributed by atoms with Crippen LogP contribution in [0.1, 0.15) is 44.6 Å². The first-order valence-electron chi connectivity index (χ1n) is 7.37. The lowest BCUT2D eigenvalue weighted by atomic mass is 9.90. The minimum atomic E-state index is -0.354. The van der Waals surface area contributed by atoms with E-state index in [1.54, 1.807) is 6.07 Å². The Balaban J connectivity index is 2.26. The van der Waals surface area contributed by atoms with E-state index in [1.807, 2.05) is 0 Å². The number of anilines is 1. The second kappa shape index (κ2) is 6.71. The second-order valence-corrected chi connectivity index (χ2v) is 5.54. The molecule has 2 rings (SSSR count). The highest BCUT2D eigenvalue weighted by Gasteiger charge is 2.25. The van der Waals surface area contributed by atoms with E-state index in [0.717, 1.165) is 44.3 Å². The number of hydrogen-bond donors (Lipinski definition) is 1. The molecule has 0 bridgehead atoms. The van der Waals surface area contributed by atoms with Gasteiger partial charge in [-0.3, -0.25) is 0 Å². The highest BCUT2D eigenvalue weighted by Crippen LogP contribution is 2.29. The maximum Gasteiger partial charge on any atom is 0.124 e. The molecule has 108 valence electrons. The maximum absolute atomic E-state index is 13.3. The van der Waals surface area contributed by atoms with Crippen molar-refractivity contribution in [1.29, 1.82) is 5.26 Å². The molecule has 0 amide bonds. The molecule has 0 aromatic heterocycles. The van der Waals surface area contributed by atoms with Crippen LogP contribution in [0.15, 0.2) is 18.2 Å². The molecular weight excluding hydrogens is 253 g/mol. The topological polar surface area (TPSA) is 53.0 Å². The van der Waals surface area contributed by atoms with Crippen molar-refractivity contribution in [1.82, 2.24) is 0 Å². The molecule has 3 nitrogen and oxygen atoms in total. The molecule has 1 aliphatic carbocycles. The Morgan fingerprint density at radius 1 is 1.35 bits per heavy atom. The zero-order valence-electron chi connectivity index (χ0n) is 12.0. The molecule has 1 aromatic rings. The Morgan fingerprint density at radius 3 is 2.65 bits per heavy atom. The number of hydrogen-bond acceptors (Lipinski definition) is 3. The van der Waals surface area contributed by atoms with Gasteiger partial charge in [0.25, 0.3) is 0 Å². The first kappa shape index (κ1) is 14.8. The van der Waals surface area contributed by atoms with Gasteiger partial charge in [-0.05, 0) is 50.3 Å². The van der Waals surface area contributed by atoms with Gasteiger partial charge in [0.05, 0.1) is 11.3 Å². The van der Waals surface area contributed by atoms with Crippen molar-refractivity contribution in [2.45, 2.75) is 51.1 Å². The molecule has 0 radical (unpaired) electrons. The first-order chi connectivity index (χ1) is 9.65. The van der Waals surface area contributed by atoms with Gasteiger partial charge < -0.3 is 10.6 Å². The molecule has 0 heterocycles. The molecule has 0 saturated heterocycles. The Bertz CT molecular complexity index is 487. The number of halogens is 1. The smallest absolute Gasteiger partial charge is 0.124 e. The summed E-state index contributed by atoms with van der Waals surface area (Å²) in [4.78, 5) is 2.27. The van der Waals surface area contributed by atoms with Crippen molar-refractivity contribution in [2.75, 3.05) is 11.4 Å². The first-order valence-corrected chi connectivity index (χ1v) is 7.37. The zero-order valence-corrected chi connectivity index (χ0v) is 12.0. The third kappa shape index (κ3) is 3.29. The van der Waals surface area contributed by atoms with Crippen molar-refractivity contribution < 1.29 is 4.39 Å². The van der Waals surface area contributed by atoms with Gasteiger partial charge in [-0.2, -0.15) is 5.26 Å². The van der Waals surface area contributed by atoms with E-state index in [-0.39, 0.29) is 5.82 Å². The van der Waals surface area contributed by atoms with Gasteiger partial charge in [0.1, 0.15) is 11.9 Å². The highest BCUT2D eigenvalue weighted by molar-refractivity contribution is 5.60. The normalized spacial score (nSPS) is 22.3. The van der Waals surface area contributed by atoms with E-state index < -0.39 is 0 Å². The van der Waals surface area contributed by atoms with Crippen molar-refractivity contribution in [2.24, 2.45) is 5.73 Å². The molecule has 4 heteroatoms. The highest BCUT2D eigenvalue weighted by atomic mass is 19.1. The van der Waals surface area contributed by atoms with E-state index in [2.05, 4.69) is 17.9 Å². The van der Waals surface area contributed by atoms with E-state index >= 15 is 0 Å². The Morgan fingerprint density at radius 2 is 2.05 bits per heavy atom. The van der Waals surface area contributed by atoms with Gasteiger partial charge in [0.2, 0.25) is 0 Å². The summed E-state index contributed by atoms with van der Waals surface area (Å²) < 4.78 is 13.3. The van der Waals surface area contributed by atoms with Crippen LogP contribution in [0.3, 0.4) is 0 Å². The summed E-state index contributed by atoms with van der Waals surface area (Å²) in [6.07, 6.45) is 5.14. The number of rotatable bonds is 4. The number of benzene rings is 1. The Hall–Kier alpha value is -1.60. The molecule has 1 saturated carbocycles. The Kier molecular flexibility index (Phi) is 4.97. The average molecular weight is 275 g/mol. The van der Waals surface area contributed by atoms with Gasteiger partial charge in [-0.15, -0.1) is 0 Å². The van der Waals surface area contributed by atoms with E-state index in [9.17, 15) is 9.65 Å². The van der Waals surface area contributed by atoms with E-state index in [1.165, 1.54) is 12.1 Å². The van der Waals surface area contributed by atoms with Crippen LogP contribution in [0.2, 0.25) is 0 Å². The summed E-state index contributed by atoms with van der Waals surface area (Å²) in [7, 11) is 0. The molecule has 0 spiro atoms. The van der Waals surface area contributed by atoms with Gasteiger partial charge in [-0.1, -0.05) is 6.92 Å². The number of nitrogens with zero attached hydrogens (tertiary/aromatic N) is 2. The van der Waals surface area contributed by atoms with Gasteiger partial charge in [0.15, 0.2) is 0 Å². The van der Waals surface area contributed by atoms with Crippen LogP contribution in [0.5, 0.6) is 0 Å². The summed E-state index contributed by atoms with van der Waals surface area (Å²) in [5.74, 6) is -0.354. The van der Waals surface area contributed by atoms with Crippen molar-refractivity contribution >= 4 is 5.69 Å². The van der Waals surface area contributed by atoms with Gasteiger partial charge in [0, 0.05) is 18.6 Å². The average Bonchev–Trinajstić information content (AvgIpc) is 2.46. The lowest BCUT2D eigenvalue weighted by molar-refractivity contribution is 0.375. The third-order valence-corrected chi connectivity index (χ3v) is 4.04. The predicted octanol–water partition coefficient (Wildman–Crippen LogP) is 3.18. The molecule has 1 fully saturated rings. The van der Waals surface area contributed by atoms with E-state index in [4.69, 9.17) is 5.73 Å². The summed E-state index contributed by atoms with van der Waals surface area (Å²) in [6, 6.07) is 7.33. The molecule has 1 aromatic carbocycles. The molecular formula is C16H22FN3. The minimum Gasteiger partial charge on any atom is -0.367 e. The quantitative estimate of drug-likeness (QED) is 0.918. The molecule has 0 aliphatic heterocycles.